The number of aliphatic imine (C=N–C) groups is 1. The quantitative estimate of drug-likeness (QED) is 0.251. The number of hydrogen-bond acceptors (Lipinski definition) is 2. The molecule has 1 aliphatic rings. The molecule has 28 heavy (non-hydrogen) atoms. The Balaban J connectivity index is 1.59. The summed E-state index contributed by atoms with van der Waals surface area (Å²) in [5, 5.41) is 0. The minimum atomic E-state index is -0.631. The highest BCUT2D eigenvalue weighted by Crippen LogP contribution is 2.41. The monoisotopic (exact) mass is 385 g/mol. The van der Waals surface area contributed by atoms with Crippen molar-refractivity contribution in [3.05, 3.63) is 35.4 Å². The molecule has 0 spiro atoms. The number of unbranched alkanes of at least 4 members (excludes halogenated alkanes) is 9. The van der Waals surface area contributed by atoms with Crippen LogP contribution in [0.15, 0.2) is 29.3 Å². The number of carbonyl (C=O) groups excluding carboxylic acids is 1. The van der Waals surface area contributed by atoms with Gasteiger partial charge < -0.3 is 11.5 Å². The van der Waals surface area contributed by atoms with E-state index in [1.807, 2.05) is 0 Å². The molecule has 0 heterocycles. The maximum absolute atomic E-state index is 12.5. The first-order valence-corrected chi connectivity index (χ1v) is 11.3. The minimum Gasteiger partial charge on any atom is -0.370 e. The van der Waals surface area contributed by atoms with Crippen molar-refractivity contribution in [2.24, 2.45) is 16.5 Å². The molecule has 0 atom stereocenters. The van der Waals surface area contributed by atoms with E-state index in [9.17, 15) is 4.79 Å². The van der Waals surface area contributed by atoms with E-state index >= 15 is 0 Å². The maximum atomic E-state index is 12.5. The van der Waals surface area contributed by atoms with Crippen LogP contribution < -0.4 is 11.5 Å². The smallest absolute Gasteiger partial charge is 0.186 e. The van der Waals surface area contributed by atoms with E-state index < -0.39 is 5.54 Å². The Kier molecular flexibility index (Phi) is 9.52. The van der Waals surface area contributed by atoms with Gasteiger partial charge in [-0.15, -0.1) is 0 Å². The summed E-state index contributed by atoms with van der Waals surface area (Å²) in [6.07, 6.45) is 16.7. The fraction of sp³-hybridized carbons (Fsp3) is 0.667. The van der Waals surface area contributed by atoms with Crippen molar-refractivity contribution in [1.82, 2.24) is 0 Å². The standard InChI is InChI=1S/C24H39N3O/c1-2-3-4-5-6-7-8-9-10-11-12-20-13-15-21(16-14-20)19-22(28)24(17-18-24)27-23(25)26/h13-16H,2-12,17-19H2,1H3,(H4,25,26,27). The van der Waals surface area contributed by atoms with Gasteiger partial charge in [0.2, 0.25) is 0 Å². The van der Waals surface area contributed by atoms with Gasteiger partial charge in [-0.05, 0) is 36.8 Å². The van der Waals surface area contributed by atoms with Crippen LogP contribution in [0.25, 0.3) is 0 Å². The zero-order valence-electron chi connectivity index (χ0n) is 17.7. The Morgan fingerprint density at radius 2 is 1.36 bits per heavy atom. The number of aryl methyl sites for hydroxylation is 1. The summed E-state index contributed by atoms with van der Waals surface area (Å²) < 4.78 is 0. The molecule has 1 aliphatic carbocycles. The van der Waals surface area contributed by atoms with Crippen LogP contribution in [0, 0.1) is 0 Å². The molecule has 0 aliphatic heterocycles. The highest BCUT2D eigenvalue weighted by Gasteiger charge is 2.49. The first-order chi connectivity index (χ1) is 13.6. The van der Waals surface area contributed by atoms with Gasteiger partial charge in [0.15, 0.2) is 11.7 Å². The van der Waals surface area contributed by atoms with Crippen LogP contribution in [0.1, 0.15) is 95.1 Å². The molecule has 4 heteroatoms. The Morgan fingerprint density at radius 3 is 1.86 bits per heavy atom. The minimum absolute atomic E-state index is 0.0118. The number of ketones is 1. The number of hydrogen-bond donors (Lipinski definition) is 2. The van der Waals surface area contributed by atoms with Crippen LogP contribution >= 0.6 is 0 Å². The molecule has 0 unspecified atom stereocenters. The summed E-state index contributed by atoms with van der Waals surface area (Å²) in [5.41, 5.74) is 12.7. The lowest BCUT2D eigenvalue weighted by Crippen LogP contribution is -2.31. The van der Waals surface area contributed by atoms with Gasteiger partial charge in [0.05, 0.1) is 0 Å². The van der Waals surface area contributed by atoms with Gasteiger partial charge in [-0.25, -0.2) is 4.99 Å². The van der Waals surface area contributed by atoms with Crippen LogP contribution in [0.4, 0.5) is 0 Å². The number of nitrogens with two attached hydrogens (primary N) is 2. The summed E-state index contributed by atoms with van der Waals surface area (Å²) in [6.45, 7) is 2.27. The van der Waals surface area contributed by atoms with E-state index in [2.05, 4.69) is 36.2 Å². The van der Waals surface area contributed by atoms with Crippen molar-refractivity contribution in [2.45, 2.75) is 102 Å². The highest BCUT2D eigenvalue weighted by atomic mass is 16.1. The van der Waals surface area contributed by atoms with Crippen LogP contribution in [0.5, 0.6) is 0 Å². The molecule has 0 aromatic heterocycles. The van der Waals surface area contributed by atoms with Crippen LogP contribution in [0.3, 0.4) is 0 Å². The van der Waals surface area contributed by atoms with Gasteiger partial charge in [-0.3, -0.25) is 4.79 Å². The first kappa shape index (κ1) is 22.4. The lowest BCUT2D eigenvalue weighted by atomic mass is 9.99. The summed E-state index contributed by atoms with van der Waals surface area (Å²) in [6, 6.07) is 8.48. The average Bonchev–Trinajstić information content (AvgIpc) is 3.44. The summed E-state index contributed by atoms with van der Waals surface area (Å²) in [7, 11) is 0. The van der Waals surface area contributed by atoms with Gasteiger partial charge in [0.1, 0.15) is 5.54 Å². The molecule has 0 bridgehead atoms. The predicted octanol–water partition coefficient (Wildman–Crippen LogP) is 5.07. The Bertz CT molecular complexity index is 613. The van der Waals surface area contributed by atoms with Crippen LogP contribution in [0.2, 0.25) is 0 Å². The van der Waals surface area contributed by atoms with E-state index in [0.717, 1.165) is 24.8 Å². The van der Waals surface area contributed by atoms with Gasteiger partial charge in [-0.1, -0.05) is 89.0 Å². The third-order valence-corrected chi connectivity index (χ3v) is 5.79. The number of rotatable bonds is 15. The van der Waals surface area contributed by atoms with E-state index in [-0.39, 0.29) is 11.7 Å². The second-order valence-electron chi connectivity index (χ2n) is 8.42. The molecule has 1 saturated carbocycles. The molecule has 1 aromatic carbocycles. The molecular formula is C24H39N3O. The van der Waals surface area contributed by atoms with Crippen molar-refractivity contribution >= 4 is 11.7 Å². The van der Waals surface area contributed by atoms with Crippen molar-refractivity contribution in [3.8, 4) is 0 Å². The summed E-state index contributed by atoms with van der Waals surface area (Å²) in [5.74, 6) is 0.140. The SMILES string of the molecule is CCCCCCCCCCCCc1ccc(CC(=O)C2(N=C(N)N)CC2)cc1. The number of guanidine groups is 1. The number of benzene rings is 1. The maximum Gasteiger partial charge on any atom is 0.186 e. The fourth-order valence-corrected chi connectivity index (χ4v) is 3.81. The Morgan fingerprint density at radius 1 is 0.857 bits per heavy atom. The molecule has 1 aromatic rings. The van der Waals surface area contributed by atoms with Gasteiger partial charge in [0, 0.05) is 6.42 Å². The molecule has 0 amide bonds. The van der Waals surface area contributed by atoms with Gasteiger partial charge in [0.25, 0.3) is 0 Å². The lowest BCUT2D eigenvalue weighted by molar-refractivity contribution is -0.120. The third-order valence-electron chi connectivity index (χ3n) is 5.79. The van der Waals surface area contributed by atoms with Crippen LogP contribution in [-0.2, 0) is 17.6 Å². The molecule has 4 N–H and O–H groups in total. The number of Topliss-reactive ketones (excluding diaryl/α,β-unsaturated/α-hetero) is 1. The van der Waals surface area contributed by atoms with Crippen molar-refractivity contribution in [3.63, 3.8) is 0 Å². The van der Waals surface area contributed by atoms with Gasteiger partial charge >= 0.3 is 0 Å². The van der Waals surface area contributed by atoms with E-state index in [1.54, 1.807) is 0 Å². The number of carbonyl (C=O) groups is 1. The molecule has 2 rings (SSSR count). The van der Waals surface area contributed by atoms with Crippen molar-refractivity contribution in [2.75, 3.05) is 0 Å². The van der Waals surface area contributed by atoms with E-state index in [4.69, 9.17) is 11.5 Å². The van der Waals surface area contributed by atoms with E-state index in [1.165, 1.54) is 69.8 Å². The largest absolute Gasteiger partial charge is 0.370 e. The average molecular weight is 386 g/mol. The summed E-state index contributed by atoms with van der Waals surface area (Å²) in [4.78, 5) is 16.6. The Labute approximate surface area is 171 Å². The second kappa shape index (κ2) is 11.9. The zero-order valence-corrected chi connectivity index (χ0v) is 17.7. The summed E-state index contributed by atoms with van der Waals surface area (Å²) >= 11 is 0. The number of nitrogens with zero attached hydrogens (tertiary/aromatic N) is 1. The highest BCUT2D eigenvalue weighted by molar-refractivity contribution is 5.95. The Hall–Kier alpha value is -1.84. The predicted molar refractivity (Wildman–Crippen MR) is 118 cm³/mol. The topological polar surface area (TPSA) is 81.5 Å². The van der Waals surface area contributed by atoms with Crippen LogP contribution in [-0.4, -0.2) is 17.3 Å². The van der Waals surface area contributed by atoms with Crippen molar-refractivity contribution in [1.29, 1.82) is 0 Å². The lowest BCUT2D eigenvalue weighted by Gasteiger charge is -2.10. The molecule has 156 valence electrons. The molecule has 1 fully saturated rings. The molecule has 4 nitrogen and oxygen atoms in total. The van der Waals surface area contributed by atoms with Gasteiger partial charge in [-0.2, -0.15) is 0 Å². The first-order valence-electron chi connectivity index (χ1n) is 11.3. The van der Waals surface area contributed by atoms with E-state index in [0.29, 0.717) is 6.42 Å². The normalized spacial score (nSPS) is 14.6. The molecule has 0 saturated heterocycles. The second-order valence-corrected chi connectivity index (χ2v) is 8.42. The molecular weight excluding hydrogens is 346 g/mol. The third kappa shape index (κ3) is 8.04. The fourth-order valence-electron chi connectivity index (χ4n) is 3.81. The van der Waals surface area contributed by atoms with Crippen molar-refractivity contribution < 1.29 is 4.79 Å². The molecule has 0 radical (unpaired) electrons. The zero-order chi connectivity index (χ0) is 20.2.